The third-order valence-electron chi connectivity index (χ3n) is 1.68. The second-order valence-corrected chi connectivity index (χ2v) is 2.93. The minimum absolute atomic E-state index is 0.373. The maximum Gasteiger partial charge on any atom is 0.146 e. The van der Waals surface area contributed by atoms with Crippen molar-refractivity contribution in [3.05, 3.63) is 0 Å². The van der Waals surface area contributed by atoms with Crippen molar-refractivity contribution in [1.82, 2.24) is 4.90 Å². The third kappa shape index (κ3) is 9.35. The van der Waals surface area contributed by atoms with E-state index in [9.17, 15) is 0 Å². The largest absolute Gasteiger partial charge is 0.359 e. The Balaban J connectivity index is 3.11. The molecule has 3 heteroatoms. The zero-order valence-corrected chi connectivity index (χ0v) is 8.58. The van der Waals surface area contributed by atoms with Crippen LogP contribution >= 0.6 is 0 Å². The summed E-state index contributed by atoms with van der Waals surface area (Å²) in [6, 6.07) is 0. The summed E-state index contributed by atoms with van der Waals surface area (Å²) in [5.74, 6) is 2.62. The molecule has 0 aromatic carbocycles. The van der Waals surface area contributed by atoms with Crippen LogP contribution < -0.4 is 0 Å². The molecular weight excluding hydrogens is 166 g/mol. The number of ether oxygens (including phenoxy) is 2. The molecule has 0 saturated heterocycles. The number of likely N-dealkylation sites (N-methyl/N-ethyl adjacent to an activating group) is 1. The van der Waals surface area contributed by atoms with E-state index in [1.54, 1.807) is 7.11 Å². The van der Waals surface area contributed by atoms with Gasteiger partial charge in [-0.05, 0) is 20.0 Å². The number of hydrogen-bond acceptors (Lipinski definition) is 3. The van der Waals surface area contributed by atoms with Gasteiger partial charge in [0.25, 0.3) is 0 Å². The average Bonchev–Trinajstić information content (AvgIpc) is 2.13. The highest BCUT2D eigenvalue weighted by Crippen LogP contribution is 1.91. The molecule has 0 N–H and O–H groups in total. The minimum Gasteiger partial charge on any atom is -0.359 e. The van der Waals surface area contributed by atoms with E-state index < -0.39 is 0 Å². The van der Waals surface area contributed by atoms with Crippen LogP contribution in [0.15, 0.2) is 0 Å². The zero-order valence-electron chi connectivity index (χ0n) is 8.58. The highest BCUT2D eigenvalue weighted by molar-refractivity contribution is 4.83. The topological polar surface area (TPSA) is 21.7 Å². The molecule has 0 heterocycles. The molecule has 0 aromatic rings. The maximum atomic E-state index is 5.16. The number of rotatable bonds is 8. The van der Waals surface area contributed by atoms with Gasteiger partial charge in [0.15, 0.2) is 0 Å². The normalized spacial score (nSPS) is 10.3. The van der Waals surface area contributed by atoms with Crippen LogP contribution in [0.1, 0.15) is 12.8 Å². The van der Waals surface area contributed by atoms with Crippen LogP contribution in [-0.4, -0.2) is 45.5 Å². The molecule has 0 fully saturated rings. The summed E-state index contributed by atoms with van der Waals surface area (Å²) < 4.78 is 9.91. The van der Waals surface area contributed by atoms with E-state index in [-0.39, 0.29) is 0 Å². The second-order valence-electron chi connectivity index (χ2n) is 2.93. The van der Waals surface area contributed by atoms with Crippen LogP contribution in [0.3, 0.4) is 0 Å². The van der Waals surface area contributed by atoms with E-state index >= 15 is 0 Å². The second kappa shape index (κ2) is 9.53. The summed E-state index contributed by atoms with van der Waals surface area (Å²) in [6.07, 6.45) is 7.05. The van der Waals surface area contributed by atoms with Gasteiger partial charge in [-0.2, -0.15) is 0 Å². The van der Waals surface area contributed by atoms with Gasteiger partial charge in [-0.25, -0.2) is 0 Å². The Morgan fingerprint density at radius 2 is 2.15 bits per heavy atom. The zero-order chi connectivity index (χ0) is 9.94. The van der Waals surface area contributed by atoms with Crippen LogP contribution in [0.25, 0.3) is 0 Å². The fourth-order valence-electron chi connectivity index (χ4n) is 0.925. The molecule has 0 spiro atoms. The van der Waals surface area contributed by atoms with Crippen molar-refractivity contribution in [1.29, 1.82) is 0 Å². The summed E-state index contributed by atoms with van der Waals surface area (Å²) in [5, 5.41) is 0. The lowest BCUT2D eigenvalue weighted by molar-refractivity contribution is -0.0351. The number of hydrogen-bond donors (Lipinski definition) is 0. The molecule has 13 heavy (non-hydrogen) atoms. The molecule has 0 aliphatic carbocycles. The smallest absolute Gasteiger partial charge is 0.146 e. The van der Waals surface area contributed by atoms with Crippen molar-refractivity contribution in [2.45, 2.75) is 12.8 Å². The standard InChI is InChI=1S/C10H19NO2/c1-4-5-6-7-11(2)8-9-13-10-12-3/h1H,5-10H2,2-3H3. The van der Waals surface area contributed by atoms with E-state index in [1.165, 1.54) is 0 Å². The van der Waals surface area contributed by atoms with Crippen LogP contribution in [0.4, 0.5) is 0 Å². The Labute approximate surface area is 81.0 Å². The van der Waals surface area contributed by atoms with Crippen molar-refractivity contribution in [2.75, 3.05) is 40.6 Å². The van der Waals surface area contributed by atoms with E-state index in [2.05, 4.69) is 17.9 Å². The molecule has 0 unspecified atom stereocenters. The number of unbranched alkanes of at least 4 members (excludes halogenated alkanes) is 1. The Hall–Kier alpha value is -0.560. The first-order valence-corrected chi connectivity index (χ1v) is 4.50. The van der Waals surface area contributed by atoms with Gasteiger partial charge in [0.2, 0.25) is 0 Å². The monoisotopic (exact) mass is 185 g/mol. The molecule has 0 saturated carbocycles. The van der Waals surface area contributed by atoms with Crippen LogP contribution in [-0.2, 0) is 9.47 Å². The van der Waals surface area contributed by atoms with E-state index in [4.69, 9.17) is 15.9 Å². The Morgan fingerprint density at radius 1 is 1.38 bits per heavy atom. The van der Waals surface area contributed by atoms with E-state index in [0.717, 1.165) is 25.9 Å². The van der Waals surface area contributed by atoms with Crippen molar-refractivity contribution in [3.8, 4) is 12.3 Å². The van der Waals surface area contributed by atoms with Crippen molar-refractivity contribution in [3.63, 3.8) is 0 Å². The molecule has 0 radical (unpaired) electrons. The van der Waals surface area contributed by atoms with Gasteiger partial charge in [0.1, 0.15) is 6.79 Å². The van der Waals surface area contributed by atoms with Crippen LogP contribution in [0.2, 0.25) is 0 Å². The van der Waals surface area contributed by atoms with Crippen molar-refractivity contribution < 1.29 is 9.47 Å². The molecule has 0 aromatic heterocycles. The third-order valence-corrected chi connectivity index (χ3v) is 1.68. The Bertz CT molecular complexity index is 142. The quantitative estimate of drug-likeness (QED) is 0.319. The molecule has 0 atom stereocenters. The predicted octanol–water partition coefficient (Wildman–Crippen LogP) is 0.952. The van der Waals surface area contributed by atoms with E-state index in [1.807, 2.05) is 0 Å². The van der Waals surface area contributed by atoms with Gasteiger partial charge in [-0.15, -0.1) is 12.3 Å². The van der Waals surface area contributed by atoms with Gasteiger partial charge in [0, 0.05) is 20.1 Å². The lowest BCUT2D eigenvalue weighted by Crippen LogP contribution is -2.24. The number of nitrogens with zero attached hydrogens (tertiary/aromatic N) is 1. The lowest BCUT2D eigenvalue weighted by atomic mass is 10.3. The van der Waals surface area contributed by atoms with Crippen LogP contribution in [0, 0.1) is 12.3 Å². The molecule has 0 aliphatic heterocycles. The summed E-state index contributed by atoms with van der Waals surface area (Å²) in [4.78, 5) is 2.20. The average molecular weight is 185 g/mol. The maximum absolute atomic E-state index is 5.16. The molecule has 0 amide bonds. The van der Waals surface area contributed by atoms with Gasteiger partial charge in [-0.1, -0.05) is 0 Å². The summed E-state index contributed by atoms with van der Waals surface area (Å²) >= 11 is 0. The number of methoxy groups -OCH3 is 1. The highest BCUT2D eigenvalue weighted by Gasteiger charge is 1.96. The Kier molecular flexibility index (Phi) is 9.12. The van der Waals surface area contributed by atoms with Gasteiger partial charge < -0.3 is 14.4 Å². The summed E-state index contributed by atoms with van der Waals surface area (Å²) in [6.45, 7) is 3.03. The predicted molar refractivity (Wildman–Crippen MR) is 53.4 cm³/mol. The molecule has 76 valence electrons. The van der Waals surface area contributed by atoms with Crippen molar-refractivity contribution >= 4 is 0 Å². The van der Waals surface area contributed by atoms with Crippen LogP contribution in [0.5, 0.6) is 0 Å². The molecule has 3 nitrogen and oxygen atoms in total. The van der Waals surface area contributed by atoms with Crippen molar-refractivity contribution in [2.24, 2.45) is 0 Å². The van der Waals surface area contributed by atoms with Gasteiger partial charge in [-0.3, -0.25) is 0 Å². The molecule has 0 rings (SSSR count). The first-order valence-electron chi connectivity index (χ1n) is 4.50. The first kappa shape index (κ1) is 12.4. The molecular formula is C10H19NO2. The molecule has 0 bridgehead atoms. The van der Waals surface area contributed by atoms with Gasteiger partial charge in [0.05, 0.1) is 6.61 Å². The fraction of sp³-hybridized carbons (Fsp3) is 0.800. The Morgan fingerprint density at radius 3 is 2.77 bits per heavy atom. The summed E-state index contributed by atoms with van der Waals surface area (Å²) in [7, 11) is 3.68. The first-order chi connectivity index (χ1) is 6.31. The lowest BCUT2D eigenvalue weighted by Gasteiger charge is -2.15. The summed E-state index contributed by atoms with van der Waals surface area (Å²) in [5.41, 5.74) is 0. The molecule has 0 aliphatic rings. The highest BCUT2D eigenvalue weighted by atomic mass is 16.7. The van der Waals surface area contributed by atoms with Gasteiger partial charge >= 0.3 is 0 Å². The fourth-order valence-corrected chi connectivity index (χ4v) is 0.925. The minimum atomic E-state index is 0.373. The van der Waals surface area contributed by atoms with E-state index in [0.29, 0.717) is 13.4 Å². The number of terminal acetylenes is 1. The SMILES string of the molecule is C#CCCCN(C)CCOCOC.